The first kappa shape index (κ1) is 14.5. The Labute approximate surface area is 115 Å². The van der Waals surface area contributed by atoms with Gasteiger partial charge in [-0.1, -0.05) is 6.07 Å². The Balaban J connectivity index is 2.43. The van der Waals surface area contributed by atoms with E-state index < -0.39 is 22.4 Å². The molecule has 0 unspecified atom stereocenters. The normalized spacial score (nSPS) is 11.6. The molecule has 0 atom stereocenters. The minimum atomic E-state index is -4.02. The van der Waals surface area contributed by atoms with Crippen molar-refractivity contribution in [2.45, 2.75) is 25.3 Å². The van der Waals surface area contributed by atoms with E-state index in [1.807, 2.05) is 0 Å². The van der Waals surface area contributed by atoms with Crippen LogP contribution in [-0.4, -0.2) is 23.7 Å². The molecular weight excluding hydrogens is 285 g/mol. The molecular formula is C12H14FN3O3S. The monoisotopic (exact) mass is 299 g/mol. The lowest BCUT2D eigenvalue weighted by Gasteiger charge is -2.09. The van der Waals surface area contributed by atoms with Crippen LogP contribution in [0.3, 0.4) is 0 Å². The first-order valence-electron chi connectivity index (χ1n) is 5.79. The number of aromatic amines is 1. The van der Waals surface area contributed by atoms with Crippen molar-refractivity contribution in [2.24, 2.45) is 0 Å². The van der Waals surface area contributed by atoms with E-state index in [2.05, 4.69) is 14.9 Å². The predicted octanol–water partition coefficient (Wildman–Crippen LogP) is 1.46. The van der Waals surface area contributed by atoms with Crippen molar-refractivity contribution in [3.05, 3.63) is 41.0 Å². The number of rotatable bonds is 4. The Hall–Kier alpha value is -1.93. The zero-order chi connectivity index (χ0) is 14.9. The van der Waals surface area contributed by atoms with Crippen molar-refractivity contribution in [3.63, 3.8) is 0 Å². The Morgan fingerprint density at radius 3 is 2.70 bits per heavy atom. The summed E-state index contributed by atoms with van der Waals surface area (Å²) in [4.78, 5) is -0.167. The zero-order valence-electron chi connectivity index (χ0n) is 10.9. The Morgan fingerprint density at radius 2 is 2.10 bits per heavy atom. The number of hydrogen-bond acceptors (Lipinski definition) is 4. The molecule has 0 fully saturated rings. The molecule has 3 N–H and O–H groups in total. The highest BCUT2D eigenvalue weighted by atomic mass is 32.2. The van der Waals surface area contributed by atoms with Crippen LogP contribution in [0.5, 0.6) is 0 Å². The molecule has 6 nitrogen and oxygen atoms in total. The fraction of sp³-hybridized carbons (Fsp3) is 0.250. The van der Waals surface area contributed by atoms with Crippen molar-refractivity contribution >= 4 is 15.7 Å². The molecule has 0 aliphatic heterocycles. The van der Waals surface area contributed by atoms with Crippen molar-refractivity contribution in [3.8, 4) is 0 Å². The number of halogens is 1. The molecule has 1 heterocycles. The first-order valence-corrected chi connectivity index (χ1v) is 7.27. The van der Waals surface area contributed by atoms with Crippen LogP contribution < -0.4 is 4.72 Å². The van der Waals surface area contributed by atoms with Crippen LogP contribution in [0.4, 0.5) is 10.1 Å². The van der Waals surface area contributed by atoms with E-state index >= 15 is 0 Å². The van der Waals surface area contributed by atoms with E-state index in [9.17, 15) is 12.8 Å². The molecule has 0 radical (unpaired) electrons. The number of aliphatic hydroxyl groups excluding tert-OH is 1. The van der Waals surface area contributed by atoms with Gasteiger partial charge >= 0.3 is 0 Å². The van der Waals surface area contributed by atoms with Crippen molar-refractivity contribution in [1.82, 2.24) is 10.2 Å². The number of aryl methyl sites for hydroxylation is 2. The van der Waals surface area contributed by atoms with Gasteiger partial charge in [0.15, 0.2) is 0 Å². The topological polar surface area (TPSA) is 95.1 Å². The lowest BCUT2D eigenvalue weighted by molar-refractivity contribution is 0.273. The summed E-state index contributed by atoms with van der Waals surface area (Å²) < 4.78 is 40.4. The quantitative estimate of drug-likeness (QED) is 0.796. The van der Waals surface area contributed by atoms with E-state index in [4.69, 9.17) is 5.11 Å². The van der Waals surface area contributed by atoms with Crippen LogP contribution in [0.1, 0.15) is 17.0 Å². The van der Waals surface area contributed by atoms with E-state index in [0.29, 0.717) is 5.56 Å². The maximum atomic E-state index is 13.7. The average molecular weight is 299 g/mol. The summed E-state index contributed by atoms with van der Waals surface area (Å²) in [6.07, 6.45) is 0. The van der Waals surface area contributed by atoms with Gasteiger partial charge in [-0.3, -0.25) is 9.82 Å². The van der Waals surface area contributed by atoms with Gasteiger partial charge < -0.3 is 5.11 Å². The summed E-state index contributed by atoms with van der Waals surface area (Å²) in [6, 6.07) is 4.17. The third-order valence-electron chi connectivity index (χ3n) is 2.75. The Morgan fingerprint density at radius 1 is 1.40 bits per heavy atom. The molecule has 0 aliphatic carbocycles. The van der Waals surface area contributed by atoms with E-state index in [1.54, 1.807) is 13.0 Å². The van der Waals surface area contributed by atoms with E-state index in [-0.39, 0.29) is 22.0 Å². The highest BCUT2D eigenvalue weighted by molar-refractivity contribution is 7.92. The molecule has 1 aromatic carbocycles. The second-order valence-electron chi connectivity index (χ2n) is 4.37. The smallest absolute Gasteiger partial charge is 0.265 e. The maximum absolute atomic E-state index is 13.7. The summed E-state index contributed by atoms with van der Waals surface area (Å²) in [5, 5.41) is 15.3. The number of nitrogens with one attached hydrogen (secondary N) is 2. The summed E-state index contributed by atoms with van der Waals surface area (Å²) >= 11 is 0. The summed E-state index contributed by atoms with van der Waals surface area (Å²) in [5.41, 5.74) is 0.790. The van der Waals surface area contributed by atoms with E-state index in [0.717, 1.165) is 0 Å². The number of aliphatic hydroxyl groups is 1. The highest BCUT2D eigenvalue weighted by Gasteiger charge is 2.24. The van der Waals surface area contributed by atoms with Crippen LogP contribution in [0.15, 0.2) is 23.1 Å². The van der Waals surface area contributed by atoms with Gasteiger partial charge in [0.05, 0.1) is 18.0 Å². The minimum absolute atomic E-state index is 0.0116. The number of aromatic nitrogens is 2. The molecule has 8 heteroatoms. The van der Waals surface area contributed by atoms with Crippen molar-refractivity contribution in [1.29, 1.82) is 0 Å². The lowest BCUT2D eigenvalue weighted by atomic mass is 10.2. The molecule has 2 aromatic rings. The number of nitrogens with zero attached hydrogens (tertiary/aromatic N) is 1. The maximum Gasteiger partial charge on any atom is 0.265 e. The van der Waals surface area contributed by atoms with Gasteiger partial charge in [-0.2, -0.15) is 5.10 Å². The van der Waals surface area contributed by atoms with Gasteiger partial charge in [0.25, 0.3) is 10.0 Å². The van der Waals surface area contributed by atoms with Crippen LogP contribution in [-0.2, 0) is 16.6 Å². The number of H-pyrrole nitrogens is 1. The van der Waals surface area contributed by atoms with Gasteiger partial charge in [-0.15, -0.1) is 0 Å². The van der Waals surface area contributed by atoms with Crippen molar-refractivity contribution in [2.75, 3.05) is 4.72 Å². The molecule has 0 saturated carbocycles. The zero-order valence-corrected chi connectivity index (χ0v) is 11.8. The molecule has 2 rings (SSSR count). The summed E-state index contributed by atoms with van der Waals surface area (Å²) in [7, 11) is -4.02. The van der Waals surface area contributed by atoms with Gasteiger partial charge in [0.2, 0.25) is 0 Å². The molecule has 0 bridgehead atoms. The van der Waals surface area contributed by atoms with E-state index in [1.165, 1.54) is 19.1 Å². The fourth-order valence-electron chi connectivity index (χ4n) is 1.83. The van der Waals surface area contributed by atoms with Crippen LogP contribution >= 0.6 is 0 Å². The molecule has 0 spiro atoms. The Bertz CT molecular complexity index is 740. The molecule has 0 amide bonds. The van der Waals surface area contributed by atoms with Crippen LogP contribution in [0.2, 0.25) is 0 Å². The third kappa shape index (κ3) is 2.66. The molecule has 20 heavy (non-hydrogen) atoms. The average Bonchev–Trinajstić information content (AvgIpc) is 2.75. The summed E-state index contributed by atoms with van der Waals surface area (Å²) in [5.74, 6) is -0.666. The fourth-order valence-corrected chi connectivity index (χ4v) is 3.26. The van der Waals surface area contributed by atoms with Crippen molar-refractivity contribution < 1.29 is 17.9 Å². The molecule has 1 aromatic heterocycles. The lowest BCUT2D eigenvalue weighted by Crippen LogP contribution is -2.16. The third-order valence-corrected chi connectivity index (χ3v) is 4.32. The van der Waals surface area contributed by atoms with Gasteiger partial charge in [-0.25, -0.2) is 12.8 Å². The molecule has 0 saturated heterocycles. The largest absolute Gasteiger partial charge is 0.390 e. The second kappa shape index (κ2) is 5.22. The number of benzene rings is 1. The van der Waals surface area contributed by atoms with Crippen LogP contribution in [0, 0.1) is 19.7 Å². The highest BCUT2D eigenvalue weighted by Crippen LogP contribution is 2.23. The van der Waals surface area contributed by atoms with Gasteiger partial charge in [-0.05, 0) is 31.5 Å². The second-order valence-corrected chi connectivity index (χ2v) is 5.99. The summed E-state index contributed by atoms with van der Waals surface area (Å²) in [6.45, 7) is 2.68. The predicted molar refractivity (Wildman–Crippen MR) is 71.2 cm³/mol. The van der Waals surface area contributed by atoms with Crippen LogP contribution in [0.25, 0.3) is 0 Å². The Kier molecular flexibility index (Phi) is 3.78. The standard InChI is InChI=1S/C12H14FN3O3S/c1-7-3-4-10(9(13)5-7)16-20(18,19)12-8(2)14-15-11(12)6-17/h3-5,16-17H,6H2,1-2H3,(H,14,15). The van der Waals surface area contributed by atoms with Gasteiger partial charge in [0.1, 0.15) is 16.4 Å². The SMILES string of the molecule is Cc1ccc(NS(=O)(=O)c2c(CO)n[nH]c2C)c(F)c1. The molecule has 108 valence electrons. The minimum Gasteiger partial charge on any atom is -0.390 e. The number of anilines is 1. The van der Waals surface area contributed by atoms with Gasteiger partial charge in [0, 0.05) is 0 Å². The number of hydrogen-bond donors (Lipinski definition) is 3. The molecule has 0 aliphatic rings. The first-order chi connectivity index (χ1) is 9.35. The number of sulfonamides is 1.